The van der Waals surface area contributed by atoms with Crippen molar-refractivity contribution in [2.45, 2.75) is 19.3 Å². The van der Waals surface area contributed by atoms with Crippen molar-refractivity contribution < 1.29 is 0 Å². The normalized spacial score (nSPS) is 25.8. The zero-order valence-corrected chi connectivity index (χ0v) is 8.27. The van der Waals surface area contributed by atoms with Gasteiger partial charge in [-0.3, -0.25) is 0 Å². The fourth-order valence-corrected chi connectivity index (χ4v) is 1.82. The summed E-state index contributed by atoms with van der Waals surface area (Å²) in [7, 11) is 0. The van der Waals surface area contributed by atoms with Crippen molar-refractivity contribution in [1.82, 2.24) is 5.32 Å². The second kappa shape index (κ2) is 4.07. The zero-order valence-electron chi connectivity index (χ0n) is 7.52. The predicted molar refractivity (Wildman–Crippen MR) is 56.2 cm³/mol. The lowest BCUT2D eigenvalue weighted by atomic mass is 10.0. The largest absolute Gasteiger partial charge is 0.311 e. The van der Waals surface area contributed by atoms with E-state index in [1.54, 1.807) is 0 Å². The summed E-state index contributed by atoms with van der Waals surface area (Å²) < 4.78 is 0. The molecule has 0 aromatic rings. The number of aliphatic imine (C=N–C) groups is 1. The van der Waals surface area contributed by atoms with Gasteiger partial charge >= 0.3 is 0 Å². The number of hydrogen-bond acceptors (Lipinski definition) is 2. The Hall–Kier alpha value is -0.600. The van der Waals surface area contributed by atoms with E-state index in [4.69, 9.17) is 11.6 Å². The minimum Gasteiger partial charge on any atom is -0.311 e. The molecule has 13 heavy (non-hydrogen) atoms. The van der Waals surface area contributed by atoms with Gasteiger partial charge in [-0.2, -0.15) is 0 Å². The summed E-state index contributed by atoms with van der Waals surface area (Å²) in [6, 6.07) is 0. The lowest BCUT2D eigenvalue weighted by Gasteiger charge is -2.17. The van der Waals surface area contributed by atoms with Crippen molar-refractivity contribution >= 4 is 16.8 Å². The highest BCUT2D eigenvalue weighted by Crippen LogP contribution is 2.19. The Kier molecular flexibility index (Phi) is 2.81. The van der Waals surface area contributed by atoms with E-state index in [9.17, 15) is 0 Å². The molecule has 0 atom stereocenters. The molecule has 0 amide bonds. The van der Waals surface area contributed by atoms with Crippen LogP contribution in [0.4, 0.5) is 0 Å². The van der Waals surface area contributed by atoms with Gasteiger partial charge in [0, 0.05) is 13.0 Å². The molecule has 2 aliphatic rings. The molecule has 2 aliphatic heterocycles. The molecule has 70 valence electrons. The van der Waals surface area contributed by atoms with Crippen molar-refractivity contribution in [3.8, 4) is 0 Å². The summed E-state index contributed by atoms with van der Waals surface area (Å²) in [6.45, 7) is 1.91. The van der Waals surface area contributed by atoms with Crippen molar-refractivity contribution in [3.05, 3.63) is 23.4 Å². The third-order valence-corrected chi connectivity index (χ3v) is 2.60. The second-order valence-electron chi connectivity index (χ2n) is 3.33. The van der Waals surface area contributed by atoms with E-state index in [1.165, 1.54) is 5.57 Å². The van der Waals surface area contributed by atoms with Gasteiger partial charge in [-0.05, 0) is 25.0 Å². The van der Waals surface area contributed by atoms with Crippen LogP contribution in [0.1, 0.15) is 19.3 Å². The van der Waals surface area contributed by atoms with Gasteiger partial charge in [0.2, 0.25) is 0 Å². The zero-order chi connectivity index (χ0) is 9.10. The van der Waals surface area contributed by atoms with Gasteiger partial charge in [0.15, 0.2) is 0 Å². The summed E-state index contributed by atoms with van der Waals surface area (Å²) in [5, 5.41) is 4.03. The van der Waals surface area contributed by atoms with Crippen molar-refractivity contribution in [1.29, 1.82) is 0 Å². The molecule has 0 fully saturated rings. The highest BCUT2D eigenvalue weighted by atomic mass is 35.5. The van der Waals surface area contributed by atoms with Crippen LogP contribution in [-0.4, -0.2) is 18.3 Å². The molecule has 0 saturated carbocycles. The third kappa shape index (κ3) is 2.20. The van der Waals surface area contributed by atoms with Gasteiger partial charge < -0.3 is 5.32 Å². The van der Waals surface area contributed by atoms with E-state index in [0.29, 0.717) is 0 Å². The number of allylic oxidation sites excluding steroid dienone is 2. The van der Waals surface area contributed by atoms with Gasteiger partial charge in [0.1, 0.15) is 5.17 Å². The van der Waals surface area contributed by atoms with E-state index >= 15 is 0 Å². The lowest BCUT2D eigenvalue weighted by molar-refractivity contribution is 0.680. The topological polar surface area (TPSA) is 24.4 Å². The average Bonchev–Trinajstić information content (AvgIpc) is 2.11. The molecule has 0 aliphatic carbocycles. The number of rotatable bonds is 0. The van der Waals surface area contributed by atoms with E-state index in [2.05, 4.69) is 22.5 Å². The number of hydrogen-bond donors (Lipinski definition) is 1. The number of halogens is 1. The maximum atomic E-state index is 5.97. The molecule has 0 spiro atoms. The van der Waals surface area contributed by atoms with E-state index in [-0.39, 0.29) is 0 Å². The summed E-state index contributed by atoms with van der Waals surface area (Å²) in [6.07, 6.45) is 7.33. The van der Waals surface area contributed by atoms with Gasteiger partial charge in [-0.25, -0.2) is 4.99 Å². The molecule has 0 bridgehead atoms. The maximum Gasteiger partial charge on any atom is 0.106 e. The first-order valence-electron chi connectivity index (χ1n) is 4.68. The Bertz CT molecular complexity index is 289. The van der Waals surface area contributed by atoms with Gasteiger partial charge in [0.05, 0.1) is 5.70 Å². The highest BCUT2D eigenvalue weighted by Gasteiger charge is 2.11. The van der Waals surface area contributed by atoms with Crippen LogP contribution in [0.25, 0.3) is 0 Å². The molecule has 2 rings (SSSR count). The molecule has 3 heteroatoms. The van der Waals surface area contributed by atoms with E-state index in [1.807, 2.05) is 0 Å². The summed E-state index contributed by atoms with van der Waals surface area (Å²) in [4.78, 5) is 4.41. The number of nitrogens with one attached hydrogen (secondary N) is 1. The average molecular weight is 197 g/mol. The van der Waals surface area contributed by atoms with Gasteiger partial charge in [-0.1, -0.05) is 23.8 Å². The van der Waals surface area contributed by atoms with Crippen molar-refractivity contribution in [2.75, 3.05) is 13.1 Å². The maximum absolute atomic E-state index is 5.97. The van der Waals surface area contributed by atoms with Crippen molar-refractivity contribution in [3.63, 3.8) is 0 Å². The molecule has 0 radical (unpaired) electrons. The molecular formula is C10H13ClN2. The van der Waals surface area contributed by atoms with Crippen LogP contribution in [0.3, 0.4) is 0 Å². The molecule has 0 aromatic heterocycles. The quantitative estimate of drug-likeness (QED) is 0.632. The van der Waals surface area contributed by atoms with Crippen LogP contribution in [0.2, 0.25) is 0 Å². The smallest absolute Gasteiger partial charge is 0.106 e. The number of nitrogens with zero attached hydrogens (tertiary/aromatic N) is 1. The standard InChI is InChI=1S/C10H13ClN2/c11-10-4-2-1-3-8-5-6-12-7-9(8)13-10/h1,3,12H,2,4-7H2/b3-1-,13-10?. The Labute approximate surface area is 83.4 Å². The Morgan fingerprint density at radius 1 is 1.38 bits per heavy atom. The van der Waals surface area contributed by atoms with Crippen LogP contribution < -0.4 is 5.32 Å². The SMILES string of the molecule is ClC1=NC2=C(/C=C\CC1)CCNC2. The minimum absolute atomic E-state index is 0.737. The molecule has 0 aromatic carbocycles. The van der Waals surface area contributed by atoms with Gasteiger partial charge in [-0.15, -0.1) is 0 Å². The van der Waals surface area contributed by atoms with E-state index in [0.717, 1.165) is 43.2 Å². The fourth-order valence-electron chi connectivity index (χ4n) is 1.61. The summed E-state index contributed by atoms with van der Waals surface area (Å²) in [5.41, 5.74) is 2.46. The Morgan fingerprint density at radius 3 is 3.23 bits per heavy atom. The van der Waals surface area contributed by atoms with E-state index < -0.39 is 0 Å². The Morgan fingerprint density at radius 2 is 2.31 bits per heavy atom. The fraction of sp³-hybridized carbons (Fsp3) is 0.500. The van der Waals surface area contributed by atoms with Crippen LogP contribution in [0.15, 0.2) is 28.4 Å². The molecule has 0 unspecified atom stereocenters. The highest BCUT2D eigenvalue weighted by molar-refractivity contribution is 6.65. The Balaban J connectivity index is 2.32. The van der Waals surface area contributed by atoms with Crippen LogP contribution in [-0.2, 0) is 0 Å². The predicted octanol–water partition coefficient (Wildman–Crippen LogP) is 2.22. The summed E-state index contributed by atoms with van der Waals surface area (Å²) >= 11 is 5.97. The molecule has 2 nitrogen and oxygen atoms in total. The van der Waals surface area contributed by atoms with Crippen LogP contribution >= 0.6 is 11.6 Å². The monoisotopic (exact) mass is 196 g/mol. The first-order valence-corrected chi connectivity index (χ1v) is 5.06. The summed E-state index contributed by atoms with van der Waals surface area (Å²) in [5.74, 6) is 0. The molecule has 1 N–H and O–H groups in total. The van der Waals surface area contributed by atoms with Crippen LogP contribution in [0.5, 0.6) is 0 Å². The minimum atomic E-state index is 0.737. The van der Waals surface area contributed by atoms with Crippen LogP contribution in [0, 0.1) is 0 Å². The molecule has 0 saturated heterocycles. The molecular weight excluding hydrogens is 184 g/mol. The second-order valence-corrected chi connectivity index (χ2v) is 3.76. The van der Waals surface area contributed by atoms with Crippen molar-refractivity contribution in [2.24, 2.45) is 4.99 Å². The molecule has 2 heterocycles. The van der Waals surface area contributed by atoms with Gasteiger partial charge in [0.25, 0.3) is 0 Å². The lowest BCUT2D eigenvalue weighted by Crippen LogP contribution is -2.24. The third-order valence-electron chi connectivity index (χ3n) is 2.33. The first kappa shape index (κ1) is 8.97. The first-order chi connectivity index (χ1) is 6.36.